The minimum absolute atomic E-state index is 0.345. The summed E-state index contributed by atoms with van der Waals surface area (Å²) >= 11 is 0. The van der Waals surface area contributed by atoms with E-state index < -0.39 is 12.3 Å². The van der Waals surface area contributed by atoms with Crippen molar-refractivity contribution < 1.29 is 15.0 Å². The summed E-state index contributed by atoms with van der Waals surface area (Å²) in [4.78, 5) is 23.4. The van der Waals surface area contributed by atoms with Gasteiger partial charge in [-0.1, -0.05) is 6.07 Å². The number of rotatable bonds is 9. The Morgan fingerprint density at radius 3 is 3.03 bits per heavy atom. The van der Waals surface area contributed by atoms with Crippen LogP contribution in [0.4, 0.5) is 5.82 Å². The summed E-state index contributed by atoms with van der Waals surface area (Å²) in [6.45, 7) is 3.71. The third kappa shape index (κ3) is 6.03. The molecule has 4 rings (SSSR count). The van der Waals surface area contributed by atoms with E-state index in [1.807, 2.05) is 0 Å². The number of nitrogens with one attached hydrogen (secondary N) is 2. The Kier molecular flexibility index (Phi) is 7.68. The molecule has 0 saturated carbocycles. The summed E-state index contributed by atoms with van der Waals surface area (Å²) in [6, 6.07) is 7.00. The number of fused-ring (bicyclic) bond motifs is 1. The van der Waals surface area contributed by atoms with Crippen molar-refractivity contribution in [2.75, 3.05) is 31.5 Å². The molecule has 0 radical (unpaired) electrons. The third-order valence-corrected chi connectivity index (χ3v) is 6.49. The first-order valence-electron chi connectivity index (χ1n) is 11.6. The molecule has 8 heteroatoms. The smallest absolute Gasteiger partial charge is 0.253 e. The molecular formula is C24H33N5O3. The van der Waals surface area contributed by atoms with E-state index in [2.05, 4.69) is 32.7 Å². The van der Waals surface area contributed by atoms with Crippen molar-refractivity contribution in [3.8, 4) is 0 Å². The van der Waals surface area contributed by atoms with Crippen LogP contribution in [0.5, 0.6) is 0 Å². The van der Waals surface area contributed by atoms with Crippen LogP contribution in [0.25, 0.3) is 0 Å². The van der Waals surface area contributed by atoms with Crippen LogP contribution in [-0.2, 0) is 12.8 Å². The molecule has 1 amide bonds. The van der Waals surface area contributed by atoms with Crippen LogP contribution in [-0.4, -0.2) is 69.5 Å². The van der Waals surface area contributed by atoms with Gasteiger partial charge in [0.2, 0.25) is 0 Å². The number of aryl methyl sites for hydroxylation is 2. The van der Waals surface area contributed by atoms with Crippen LogP contribution in [0.1, 0.15) is 47.3 Å². The van der Waals surface area contributed by atoms with Crippen molar-refractivity contribution in [1.29, 1.82) is 0 Å². The number of amides is 1. The van der Waals surface area contributed by atoms with Gasteiger partial charge in [0.1, 0.15) is 5.82 Å². The van der Waals surface area contributed by atoms with Gasteiger partial charge in [-0.05, 0) is 74.8 Å². The molecule has 2 aliphatic rings. The lowest BCUT2D eigenvalue weighted by molar-refractivity contribution is -0.0678. The van der Waals surface area contributed by atoms with E-state index in [4.69, 9.17) is 4.98 Å². The van der Waals surface area contributed by atoms with Gasteiger partial charge in [0.05, 0.1) is 11.6 Å². The number of hydrogen-bond acceptors (Lipinski definition) is 7. The van der Waals surface area contributed by atoms with Crippen molar-refractivity contribution >= 4 is 11.7 Å². The van der Waals surface area contributed by atoms with Gasteiger partial charge in [-0.15, -0.1) is 0 Å². The second kappa shape index (κ2) is 10.8. The topological polar surface area (TPSA) is 111 Å². The van der Waals surface area contributed by atoms with E-state index in [1.54, 1.807) is 18.3 Å². The summed E-state index contributed by atoms with van der Waals surface area (Å²) in [5.74, 6) is 1.33. The average molecular weight is 440 g/mol. The predicted octanol–water partition coefficient (Wildman–Crippen LogP) is 1.59. The van der Waals surface area contributed by atoms with Crippen LogP contribution < -0.4 is 10.6 Å². The molecule has 32 heavy (non-hydrogen) atoms. The predicted molar refractivity (Wildman–Crippen MR) is 122 cm³/mol. The number of aliphatic hydroxyl groups excluding tert-OH is 1. The van der Waals surface area contributed by atoms with Gasteiger partial charge in [-0.25, -0.2) is 4.98 Å². The van der Waals surface area contributed by atoms with E-state index in [1.165, 1.54) is 18.2 Å². The molecule has 2 aromatic heterocycles. The second-order valence-corrected chi connectivity index (χ2v) is 8.86. The van der Waals surface area contributed by atoms with Gasteiger partial charge in [0, 0.05) is 37.7 Å². The standard InChI is InChI=1S/C24H33N5O3/c30-23(19-4-1-11-25-15-19)28-21(24(31)32)10-14-29-13-9-17(16-29)5-7-20-8-6-18-3-2-12-26-22(18)27-20/h1,4,6,8,11,15,17,21,24,31-32H,2-3,5,7,9-10,12-14,16H2,(H,26,27)(H,28,30). The van der Waals surface area contributed by atoms with Crippen molar-refractivity contribution in [3.05, 3.63) is 53.5 Å². The van der Waals surface area contributed by atoms with E-state index >= 15 is 0 Å². The minimum Gasteiger partial charge on any atom is -0.370 e. The van der Waals surface area contributed by atoms with Crippen molar-refractivity contribution in [1.82, 2.24) is 20.2 Å². The maximum atomic E-state index is 12.3. The molecule has 2 unspecified atom stereocenters. The lowest BCUT2D eigenvalue weighted by atomic mass is 10.00. The largest absolute Gasteiger partial charge is 0.370 e. The Labute approximate surface area is 189 Å². The SMILES string of the molecule is O=C(NC(CCN1CCC(CCc2ccc3c(n2)NCCC3)C1)C(O)O)c1cccnc1. The molecule has 0 aliphatic carbocycles. The molecule has 1 fully saturated rings. The molecule has 0 spiro atoms. The summed E-state index contributed by atoms with van der Waals surface area (Å²) in [5.41, 5.74) is 2.88. The van der Waals surface area contributed by atoms with Gasteiger partial charge < -0.3 is 25.7 Å². The first-order chi connectivity index (χ1) is 15.6. The van der Waals surface area contributed by atoms with Crippen molar-refractivity contribution in [2.45, 2.75) is 50.9 Å². The van der Waals surface area contributed by atoms with Crippen LogP contribution in [0, 0.1) is 5.92 Å². The number of carbonyl (C=O) groups is 1. The Hall–Kier alpha value is -2.55. The highest BCUT2D eigenvalue weighted by molar-refractivity contribution is 5.94. The number of aliphatic hydroxyl groups is 2. The summed E-state index contributed by atoms with van der Waals surface area (Å²) in [5, 5.41) is 25.6. The first-order valence-corrected chi connectivity index (χ1v) is 11.6. The zero-order valence-electron chi connectivity index (χ0n) is 18.4. The van der Waals surface area contributed by atoms with Crippen LogP contribution >= 0.6 is 0 Å². The third-order valence-electron chi connectivity index (χ3n) is 6.49. The Morgan fingerprint density at radius 1 is 1.31 bits per heavy atom. The van der Waals surface area contributed by atoms with Crippen LogP contribution in [0.15, 0.2) is 36.7 Å². The Bertz CT molecular complexity index is 892. The summed E-state index contributed by atoms with van der Waals surface area (Å²) in [7, 11) is 0. The number of aromatic nitrogens is 2. The molecule has 2 aromatic rings. The van der Waals surface area contributed by atoms with Gasteiger partial charge >= 0.3 is 0 Å². The lowest BCUT2D eigenvalue weighted by Crippen LogP contribution is -2.45. The molecular weight excluding hydrogens is 406 g/mol. The maximum absolute atomic E-state index is 12.3. The molecule has 2 aliphatic heterocycles. The molecule has 0 bridgehead atoms. The van der Waals surface area contributed by atoms with Gasteiger partial charge in [-0.3, -0.25) is 9.78 Å². The Balaban J connectivity index is 1.21. The molecule has 172 valence electrons. The number of hydrogen-bond donors (Lipinski definition) is 4. The highest BCUT2D eigenvalue weighted by atomic mass is 16.5. The number of anilines is 1. The lowest BCUT2D eigenvalue weighted by Gasteiger charge is -2.24. The van der Waals surface area contributed by atoms with E-state index in [0.717, 1.165) is 56.8 Å². The highest BCUT2D eigenvalue weighted by Gasteiger charge is 2.25. The fraction of sp³-hybridized carbons (Fsp3) is 0.542. The summed E-state index contributed by atoms with van der Waals surface area (Å²) in [6.07, 6.45) is 7.45. The van der Waals surface area contributed by atoms with Gasteiger partial charge in [0.15, 0.2) is 6.29 Å². The normalized spacial score (nSPS) is 19.4. The fourth-order valence-electron chi connectivity index (χ4n) is 4.58. The molecule has 4 heterocycles. The molecule has 0 aromatic carbocycles. The maximum Gasteiger partial charge on any atom is 0.253 e. The quantitative estimate of drug-likeness (QED) is 0.439. The molecule has 8 nitrogen and oxygen atoms in total. The number of pyridine rings is 2. The van der Waals surface area contributed by atoms with Crippen molar-refractivity contribution in [3.63, 3.8) is 0 Å². The molecule has 2 atom stereocenters. The molecule has 4 N–H and O–H groups in total. The first kappa shape index (κ1) is 22.6. The number of nitrogens with zero attached hydrogens (tertiary/aromatic N) is 3. The van der Waals surface area contributed by atoms with Crippen molar-refractivity contribution in [2.24, 2.45) is 5.92 Å². The van der Waals surface area contributed by atoms with E-state index in [9.17, 15) is 15.0 Å². The van der Waals surface area contributed by atoms with E-state index in [-0.39, 0.29) is 5.91 Å². The highest BCUT2D eigenvalue weighted by Crippen LogP contribution is 2.24. The summed E-state index contributed by atoms with van der Waals surface area (Å²) < 4.78 is 0. The van der Waals surface area contributed by atoms with Crippen LogP contribution in [0.3, 0.4) is 0 Å². The van der Waals surface area contributed by atoms with Gasteiger partial charge in [-0.2, -0.15) is 0 Å². The average Bonchev–Trinajstić information content (AvgIpc) is 3.28. The fourth-order valence-corrected chi connectivity index (χ4v) is 4.58. The zero-order valence-corrected chi connectivity index (χ0v) is 18.4. The number of carbonyl (C=O) groups excluding carboxylic acids is 1. The zero-order chi connectivity index (χ0) is 22.3. The number of likely N-dealkylation sites (tertiary alicyclic amines) is 1. The second-order valence-electron chi connectivity index (χ2n) is 8.86. The van der Waals surface area contributed by atoms with Crippen LogP contribution in [0.2, 0.25) is 0 Å². The molecule has 1 saturated heterocycles. The minimum atomic E-state index is -1.60. The monoisotopic (exact) mass is 439 g/mol. The Morgan fingerprint density at radius 2 is 2.22 bits per heavy atom. The van der Waals surface area contributed by atoms with E-state index in [0.29, 0.717) is 24.4 Å². The van der Waals surface area contributed by atoms with Gasteiger partial charge in [0.25, 0.3) is 5.91 Å².